The van der Waals surface area contributed by atoms with E-state index in [2.05, 4.69) is 73.1 Å². The van der Waals surface area contributed by atoms with Crippen molar-refractivity contribution in [3.8, 4) is 20.9 Å². The number of benzene rings is 2. The Morgan fingerprint density at radius 2 is 1.06 bits per heavy atom. The van der Waals surface area contributed by atoms with Crippen molar-refractivity contribution in [2.75, 3.05) is 0 Å². The number of furan rings is 1. The van der Waals surface area contributed by atoms with E-state index >= 15 is 0 Å². The van der Waals surface area contributed by atoms with Gasteiger partial charge in [-0.2, -0.15) is 0 Å². The van der Waals surface area contributed by atoms with E-state index in [-0.39, 0.29) is 0 Å². The van der Waals surface area contributed by atoms with Crippen LogP contribution in [0.2, 0.25) is 0 Å². The third-order valence-corrected chi connectivity index (χ3v) is 9.04. The zero-order valence-electron chi connectivity index (χ0n) is 21.1. The number of unbranched alkanes of at least 4 members (excludes halogenated alkanes) is 6. The summed E-state index contributed by atoms with van der Waals surface area (Å²) in [7, 11) is 0. The first kappa shape index (κ1) is 24.3. The lowest BCUT2D eigenvalue weighted by Gasteiger charge is -2.00. The molecule has 0 aliphatic carbocycles. The smallest absolute Gasteiger partial charge is 0.135 e. The zero-order valence-corrected chi connectivity index (χ0v) is 22.7. The van der Waals surface area contributed by atoms with Crippen molar-refractivity contribution >= 4 is 44.6 Å². The van der Waals surface area contributed by atoms with Gasteiger partial charge in [0.05, 0.1) is 0 Å². The molecule has 0 aliphatic heterocycles. The molecule has 0 aliphatic rings. The molecule has 35 heavy (non-hydrogen) atoms. The van der Waals surface area contributed by atoms with E-state index in [9.17, 15) is 0 Å². The SMILES string of the molecule is CCCCCCc1csc(-c2ccc3oc4ccc(-c5cc(CCCCCC)cs5)cc4c3c2)c1. The van der Waals surface area contributed by atoms with Crippen LogP contribution in [0, 0.1) is 0 Å². The molecule has 0 fully saturated rings. The molecule has 0 N–H and O–H groups in total. The van der Waals surface area contributed by atoms with Gasteiger partial charge in [-0.25, -0.2) is 0 Å². The minimum atomic E-state index is 0.972. The van der Waals surface area contributed by atoms with Gasteiger partial charge in [0.15, 0.2) is 0 Å². The Labute approximate surface area is 217 Å². The van der Waals surface area contributed by atoms with Gasteiger partial charge in [-0.1, -0.05) is 52.4 Å². The molecule has 0 saturated heterocycles. The van der Waals surface area contributed by atoms with E-state index in [1.165, 1.54) is 107 Å². The molecule has 5 rings (SSSR count). The predicted molar refractivity (Wildman–Crippen MR) is 156 cm³/mol. The second-order valence-corrected chi connectivity index (χ2v) is 11.6. The van der Waals surface area contributed by atoms with Crippen LogP contribution in [0.15, 0.2) is 63.7 Å². The molecule has 0 saturated carbocycles. The van der Waals surface area contributed by atoms with Crippen molar-refractivity contribution in [2.45, 2.75) is 78.1 Å². The average Bonchev–Trinajstić information content (AvgIpc) is 3.62. The minimum absolute atomic E-state index is 0.972. The van der Waals surface area contributed by atoms with Crippen molar-refractivity contribution in [1.29, 1.82) is 0 Å². The van der Waals surface area contributed by atoms with E-state index in [0.717, 1.165) is 11.2 Å². The number of hydrogen-bond donors (Lipinski definition) is 0. The van der Waals surface area contributed by atoms with Crippen molar-refractivity contribution in [2.24, 2.45) is 0 Å². The predicted octanol–water partition coefficient (Wildman–Crippen LogP) is 11.3. The van der Waals surface area contributed by atoms with Crippen molar-refractivity contribution in [3.05, 3.63) is 70.4 Å². The Morgan fingerprint density at radius 3 is 1.51 bits per heavy atom. The first-order chi connectivity index (χ1) is 17.2. The summed E-state index contributed by atoms with van der Waals surface area (Å²) >= 11 is 3.73. The first-order valence-corrected chi connectivity index (χ1v) is 15.1. The Balaban J connectivity index is 1.38. The lowest BCUT2D eigenvalue weighted by molar-refractivity contribution is 0.667. The molecule has 0 bridgehead atoms. The highest BCUT2D eigenvalue weighted by atomic mass is 32.1. The summed E-state index contributed by atoms with van der Waals surface area (Å²) in [6.07, 6.45) is 12.9. The molecular weight excluding hydrogens is 464 g/mol. The second kappa shape index (κ2) is 11.6. The maximum Gasteiger partial charge on any atom is 0.135 e. The summed E-state index contributed by atoms with van der Waals surface area (Å²) in [5.74, 6) is 0. The lowest BCUT2D eigenvalue weighted by Crippen LogP contribution is -1.82. The Bertz CT molecular complexity index is 1280. The highest BCUT2D eigenvalue weighted by Crippen LogP contribution is 2.37. The van der Waals surface area contributed by atoms with Crippen LogP contribution in [-0.4, -0.2) is 0 Å². The number of rotatable bonds is 12. The topological polar surface area (TPSA) is 13.1 Å². The fourth-order valence-corrected chi connectivity index (χ4v) is 6.81. The standard InChI is InChI=1S/C32H36OS2/c1-3-5-7-9-11-23-17-31(34-21-23)25-13-15-29-27(19-25)28-20-26(14-16-30(28)33-29)32-18-24(22-35-32)12-10-8-6-4-2/h13-22H,3-12H2,1-2H3. The van der Waals surface area contributed by atoms with Gasteiger partial charge in [-0.05, 0) is 107 Å². The summed E-state index contributed by atoms with van der Waals surface area (Å²) in [4.78, 5) is 2.71. The van der Waals surface area contributed by atoms with E-state index in [1.807, 2.05) is 22.7 Å². The molecule has 2 aromatic carbocycles. The van der Waals surface area contributed by atoms with Crippen LogP contribution in [-0.2, 0) is 12.8 Å². The molecule has 3 aromatic heterocycles. The van der Waals surface area contributed by atoms with Crippen LogP contribution < -0.4 is 0 Å². The summed E-state index contributed by atoms with van der Waals surface area (Å²) in [6.45, 7) is 4.54. The normalized spacial score (nSPS) is 11.7. The maximum absolute atomic E-state index is 6.20. The number of aryl methyl sites for hydroxylation is 2. The highest BCUT2D eigenvalue weighted by molar-refractivity contribution is 7.14. The molecule has 1 nitrogen and oxygen atoms in total. The van der Waals surface area contributed by atoms with Crippen LogP contribution in [0.3, 0.4) is 0 Å². The largest absolute Gasteiger partial charge is 0.456 e. The summed E-state index contributed by atoms with van der Waals surface area (Å²) in [5, 5.41) is 7.11. The van der Waals surface area contributed by atoms with E-state index < -0.39 is 0 Å². The van der Waals surface area contributed by atoms with E-state index in [0.29, 0.717) is 0 Å². The molecule has 0 unspecified atom stereocenters. The third-order valence-electron chi connectivity index (χ3n) is 6.98. The van der Waals surface area contributed by atoms with Gasteiger partial charge >= 0.3 is 0 Å². The van der Waals surface area contributed by atoms with Gasteiger partial charge in [0.25, 0.3) is 0 Å². The fourth-order valence-electron chi connectivity index (χ4n) is 4.91. The quantitative estimate of drug-likeness (QED) is 0.155. The molecule has 0 atom stereocenters. The number of thiophene rings is 2. The van der Waals surface area contributed by atoms with Crippen LogP contribution in [0.5, 0.6) is 0 Å². The average molecular weight is 501 g/mol. The van der Waals surface area contributed by atoms with Crippen molar-refractivity contribution in [1.82, 2.24) is 0 Å². The van der Waals surface area contributed by atoms with Gasteiger partial charge < -0.3 is 4.42 Å². The second-order valence-electron chi connectivity index (χ2n) is 9.78. The summed E-state index contributed by atoms with van der Waals surface area (Å²) in [5.41, 5.74) is 7.48. The molecule has 3 heterocycles. The Kier molecular flexibility index (Phi) is 8.06. The van der Waals surface area contributed by atoms with Gasteiger partial charge in [-0.15, -0.1) is 22.7 Å². The molecule has 0 radical (unpaired) electrons. The number of hydrogen-bond acceptors (Lipinski definition) is 3. The Hall–Kier alpha value is -2.36. The molecule has 5 aromatic rings. The molecule has 0 spiro atoms. The Morgan fingerprint density at radius 1 is 0.571 bits per heavy atom. The van der Waals surface area contributed by atoms with Gasteiger partial charge in [0.2, 0.25) is 0 Å². The van der Waals surface area contributed by atoms with Crippen LogP contribution in [0.25, 0.3) is 42.8 Å². The van der Waals surface area contributed by atoms with Crippen LogP contribution >= 0.6 is 22.7 Å². The highest BCUT2D eigenvalue weighted by Gasteiger charge is 2.12. The molecule has 0 amide bonds. The van der Waals surface area contributed by atoms with Gasteiger partial charge in [0, 0.05) is 20.5 Å². The van der Waals surface area contributed by atoms with Crippen LogP contribution in [0.1, 0.15) is 76.3 Å². The summed E-state index contributed by atoms with van der Waals surface area (Å²) in [6, 6.07) is 18.1. The van der Waals surface area contributed by atoms with Crippen molar-refractivity contribution < 1.29 is 4.42 Å². The lowest BCUT2D eigenvalue weighted by atomic mass is 10.0. The van der Waals surface area contributed by atoms with Gasteiger partial charge in [0.1, 0.15) is 11.2 Å². The number of fused-ring (bicyclic) bond motifs is 3. The first-order valence-electron chi connectivity index (χ1n) is 13.4. The monoisotopic (exact) mass is 500 g/mol. The van der Waals surface area contributed by atoms with Gasteiger partial charge in [-0.3, -0.25) is 0 Å². The van der Waals surface area contributed by atoms with E-state index in [4.69, 9.17) is 4.42 Å². The van der Waals surface area contributed by atoms with Crippen LogP contribution in [0.4, 0.5) is 0 Å². The zero-order chi connectivity index (χ0) is 24.0. The maximum atomic E-state index is 6.20. The fraction of sp³-hybridized carbons (Fsp3) is 0.375. The molecular formula is C32H36OS2. The van der Waals surface area contributed by atoms with E-state index in [1.54, 1.807) is 0 Å². The third kappa shape index (κ3) is 5.73. The van der Waals surface area contributed by atoms with Crippen molar-refractivity contribution in [3.63, 3.8) is 0 Å². The summed E-state index contributed by atoms with van der Waals surface area (Å²) < 4.78 is 6.20. The minimum Gasteiger partial charge on any atom is -0.456 e. The molecule has 3 heteroatoms. The molecule has 182 valence electrons.